The van der Waals surface area contributed by atoms with Crippen molar-refractivity contribution in [1.82, 2.24) is 5.32 Å². The molecule has 2 unspecified atom stereocenters. The van der Waals surface area contributed by atoms with Gasteiger partial charge in [0.25, 0.3) is 0 Å². The number of unbranched alkanes of at least 4 members (excludes halogenated alkanes) is 29. The first-order valence-electron chi connectivity index (χ1n) is 24.4. The number of nitrogens with one attached hydrogen (secondary N) is 1. The standard InChI is InChI=1S/C48H93NO8/c1-3-5-7-9-11-13-15-17-19-21-22-24-26-28-30-32-34-36-38-44(52)49-41(40-56-48-47(55)46(54)45(53)43(39-50)57-48)42(51)37-35-33-31-29-27-25-23-20-18-16-14-12-10-8-6-4-2/h27,29,41-43,45-48,50-51,53-55H,3-26,28,30-40H2,1-2H3,(H,49,52)/b29-27+/t41-,42+,43-,45-,46?,47?,48-/m0/s1. The van der Waals surface area contributed by atoms with Crippen LogP contribution in [0.25, 0.3) is 0 Å². The maximum Gasteiger partial charge on any atom is 0.220 e. The van der Waals surface area contributed by atoms with Crippen molar-refractivity contribution >= 4 is 5.91 Å². The molecular formula is C48H93NO8. The maximum absolute atomic E-state index is 13.0. The van der Waals surface area contributed by atoms with Gasteiger partial charge in [-0.3, -0.25) is 4.79 Å². The predicted octanol–water partition coefficient (Wildman–Crippen LogP) is 10.5. The van der Waals surface area contributed by atoms with Crippen molar-refractivity contribution in [2.75, 3.05) is 13.2 Å². The first-order chi connectivity index (χ1) is 27.8. The fourth-order valence-corrected chi connectivity index (χ4v) is 7.92. The van der Waals surface area contributed by atoms with E-state index in [4.69, 9.17) is 9.47 Å². The molecule has 1 aliphatic heterocycles. The van der Waals surface area contributed by atoms with Crippen LogP contribution in [-0.2, 0) is 14.3 Å². The van der Waals surface area contributed by atoms with Gasteiger partial charge in [-0.2, -0.15) is 0 Å². The number of aliphatic hydroxyl groups is 5. The van der Waals surface area contributed by atoms with E-state index in [-0.39, 0.29) is 12.5 Å². The quantitative estimate of drug-likeness (QED) is 0.0264. The van der Waals surface area contributed by atoms with Crippen molar-refractivity contribution in [3.63, 3.8) is 0 Å². The fourth-order valence-electron chi connectivity index (χ4n) is 7.92. The molecule has 9 heteroatoms. The largest absolute Gasteiger partial charge is 0.394 e. The average Bonchev–Trinajstić information content (AvgIpc) is 3.21. The van der Waals surface area contributed by atoms with Gasteiger partial charge in [0.1, 0.15) is 24.4 Å². The predicted molar refractivity (Wildman–Crippen MR) is 235 cm³/mol. The van der Waals surface area contributed by atoms with Crippen LogP contribution in [0.15, 0.2) is 12.2 Å². The Labute approximate surface area is 350 Å². The zero-order valence-electron chi connectivity index (χ0n) is 37.1. The van der Waals surface area contributed by atoms with E-state index in [1.807, 2.05) is 0 Å². The molecule has 7 atom stereocenters. The summed E-state index contributed by atoms with van der Waals surface area (Å²) in [5.74, 6) is -0.150. The zero-order chi connectivity index (χ0) is 41.6. The summed E-state index contributed by atoms with van der Waals surface area (Å²) in [5, 5.41) is 54.4. The van der Waals surface area contributed by atoms with Gasteiger partial charge < -0.3 is 40.3 Å². The van der Waals surface area contributed by atoms with E-state index < -0.39 is 49.5 Å². The number of carbonyl (C=O) groups excluding carboxylic acids is 1. The number of carbonyl (C=O) groups is 1. The molecule has 0 bridgehead atoms. The monoisotopic (exact) mass is 812 g/mol. The van der Waals surface area contributed by atoms with Crippen LogP contribution >= 0.6 is 0 Å². The molecule has 1 fully saturated rings. The Balaban J connectivity index is 2.31. The summed E-state index contributed by atoms with van der Waals surface area (Å²) in [6.45, 7) is 3.84. The Bertz CT molecular complexity index is 904. The van der Waals surface area contributed by atoms with E-state index in [1.54, 1.807) is 0 Å². The molecule has 0 aliphatic carbocycles. The Morgan fingerprint density at radius 1 is 0.579 bits per heavy atom. The molecule has 57 heavy (non-hydrogen) atoms. The Morgan fingerprint density at radius 3 is 1.42 bits per heavy atom. The lowest BCUT2D eigenvalue weighted by Gasteiger charge is -2.40. The van der Waals surface area contributed by atoms with Gasteiger partial charge in [0.15, 0.2) is 6.29 Å². The third-order valence-electron chi connectivity index (χ3n) is 11.9. The number of aliphatic hydroxyl groups excluding tert-OH is 5. The van der Waals surface area contributed by atoms with Gasteiger partial charge in [0.2, 0.25) is 5.91 Å². The summed E-state index contributed by atoms with van der Waals surface area (Å²) >= 11 is 0. The summed E-state index contributed by atoms with van der Waals surface area (Å²) in [4.78, 5) is 13.0. The minimum atomic E-state index is -1.55. The number of ether oxygens (including phenoxy) is 2. The molecule has 0 spiro atoms. The number of hydrogen-bond donors (Lipinski definition) is 6. The summed E-state index contributed by atoms with van der Waals surface area (Å²) < 4.78 is 11.3. The van der Waals surface area contributed by atoms with Crippen molar-refractivity contribution in [3.8, 4) is 0 Å². The lowest BCUT2D eigenvalue weighted by molar-refractivity contribution is -0.302. The highest BCUT2D eigenvalue weighted by Gasteiger charge is 2.44. The van der Waals surface area contributed by atoms with Crippen LogP contribution < -0.4 is 5.32 Å². The van der Waals surface area contributed by atoms with E-state index in [0.717, 1.165) is 44.9 Å². The highest BCUT2D eigenvalue weighted by atomic mass is 16.7. The Kier molecular flexibility index (Phi) is 37.0. The first kappa shape index (κ1) is 53.9. The van der Waals surface area contributed by atoms with Gasteiger partial charge in [-0.05, 0) is 38.5 Å². The first-order valence-corrected chi connectivity index (χ1v) is 24.4. The van der Waals surface area contributed by atoms with E-state index in [2.05, 4.69) is 31.3 Å². The smallest absolute Gasteiger partial charge is 0.220 e. The van der Waals surface area contributed by atoms with Crippen molar-refractivity contribution < 1.29 is 39.8 Å². The maximum atomic E-state index is 13.0. The molecule has 1 heterocycles. The van der Waals surface area contributed by atoms with Crippen molar-refractivity contribution in [3.05, 3.63) is 12.2 Å². The van der Waals surface area contributed by atoms with Gasteiger partial charge >= 0.3 is 0 Å². The minimum Gasteiger partial charge on any atom is -0.394 e. The van der Waals surface area contributed by atoms with E-state index >= 15 is 0 Å². The number of hydrogen-bond acceptors (Lipinski definition) is 8. The molecule has 1 saturated heterocycles. The number of allylic oxidation sites excluding steroid dienone is 2. The molecule has 0 aromatic rings. The highest BCUT2D eigenvalue weighted by molar-refractivity contribution is 5.76. The molecule has 1 amide bonds. The van der Waals surface area contributed by atoms with Crippen LogP contribution in [0.2, 0.25) is 0 Å². The summed E-state index contributed by atoms with van der Waals surface area (Å²) in [5.41, 5.74) is 0. The molecule has 0 aromatic heterocycles. The van der Waals surface area contributed by atoms with Crippen molar-refractivity contribution in [2.45, 2.75) is 275 Å². The molecule has 338 valence electrons. The van der Waals surface area contributed by atoms with Gasteiger partial charge in [-0.15, -0.1) is 0 Å². The molecular weight excluding hydrogens is 719 g/mol. The molecule has 0 saturated carbocycles. The van der Waals surface area contributed by atoms with E-state index in [0.29, 0.717) is 12.8 Å². The highest BCUT2D eigenvalue weighted by Crippen LogP contribution is 2.23. The SMILES string of the molecule is CCCCCCCCCCCC/C=C/CCCC[C@@H](O)[C@H](CO[C@H]1O[C@@H](CO)[C@H](O)C(O)C1O)NC(=O)CCCCCCCCCCCCCCCCCCCC. The van der Waals surface area contributed by atoms with E-state index in [1.165, 1.54) is 161 Å². The lowest BCUT2D eigenvalue weighted by atomic mass is 9.99. The zero-order valence-corrected chi connectivity index (χ0v) is 37.1. The number of amides is 1. The molecule has 0 radical (unpaired) electrons. The summed E-state index contributed by atoms with van der Waals surface area (Å²) in [6, 6.07) is -0.729. The van der Waals surface area contributed by atoms with Gasteiger partial charge in [0, 0.05) is 6.42 Å². The van der Waals surface area contributed by atoms with Crippen LogP contribution in [0.5, 0.6) is 0 Å². The van der Waals surface area contributed by atoms with Crippen LogP contribution in [0.3, 0.4) is 0 Å². The summed E-state index contributed by atoms with van der Waals surface area (Å²) in [7, 11) is 0. The minimum absolute atomic E-state index is 0.145. The van der Waals surface area contributed by atoms with Crippen LogP contribution in [-0.4, -0.2) is 87.5 Å². The van der Waals surface area contributed by atoms with Crippen molar-refractivity contribution in [2.24, 2.45) is 0 Å². The van der Waals surface area contributed by atoms with Crippen LogP contribution in [0.4, 0.5) is 0 Å². The van der Waals surface area contributed by atoms with Crippen molar-refractivity contribution in [1.29, 1.82) is 0 Å². The number of rotatable bonds is 41. The molecule has 6 N–H and O–H groups in total. The van der Waals surface area contributed by atoms with Crippen LogP contribution in [0, 0.1) is 0 Å². The topological polar surface area (TPSA) is 149 Å². The molecule has 1 aliphatic rings. The van der Waals surface area contributed by atoms with Gasteiger partial charge in [-0.1, -0.05) is 199 Å². The second-order valence-electron chi connectivity index (χ2n) is 17.3. The normalized spacial score (nSPS) is 21.0. The Hall–Kier alpha value is -1.07. The fraction of sp³-hybridized carbons (Fsp3) is 0.938. The average molecular weight is 812 g/mol. The molecule has 0 aromatic carbocycles. The second-order valence-corrected chi connectivity index (χ2v) is 17.3. The van der Waals surface area contributed by atoms with Crippen LogP contribution in [0.1, 0.15) is 232 Å². The van der Waals surface area contributed by atoms with E-state index in [9.17, 15) is 30.3 Å². The third kappa shape index (κ3) is 29.7. The molecule has 9 nitrogen and oxygen atoms in total. The third-order valence-corrected chi connectivity index (χ3v) is 11.9. The van der Waals surface area contributed by atoms with Gasteiger partial charge in [0.05, 0.1) is 25.4 Å². The Morgan fingerprint density at radius 2 is 0.982 bits per heavy atom. The molecule has 1 rings (SSSR count). The lowest BCUT2D eigenvalue weighted by Crippen LogP contribution is -2.60. The second kappa shape index (κ2) is 39.1. The van der Waals surface area contributed by atoms with Gasteiger partial charge in [-0.25, -0.2) is 0 Å². The summed E-state index contributed by atoms with van der Waals surface area (Å²) in [6.07, 6.45) is 37.9.